The third-order valence-corrected chi connectivity index (χ3v) is 3.28. The summed E-state index contributed by atoms with van der Waals surface area (Å²) in [5.41, 5.74) is 4.90. The first-order chi connectivity index (χ1) is 10.5. The molecular formula is C14H17N3O5. The molecule has 118 valence electrons. The number of amides is 3. The van der Waals surface area contributed by atoms with Crippen molar-refractivity contribution in [1.29, 1.82) is 0 Å². The Morgan fingerprint density at radius 2 is 1.86 bits per heavy atom. The maximum absolute atomic E-state index is 12.0. The van der Waals surface area contributed by atoms with Crippen LogP contribution < -0.4 is 25.6 Å². The predicted octanol–water partition coefficient (Wildman–Crippen LogP) is 0.200. The maximum Gasteiger partial charge on any atom is 0.251 e. The minimum absolute atomic E-state index is 0.0336. The summed E-state index contributed by atoms with van der Waals surface area (Å²) in [6.07, 6.45) is 0.168. The number of carbonyl (C=O) groups is 3. The van der Waals surface area contributed by atoms with Crippen molar-refractivity contribution in [3.63, 3.8) is 0 Å². The molecule has 8 heteroatoms. The quantitative estimate of drug-likeness (QED) is 0.651. The van der Waals surface area contributed by atoms with Crippen LogP contribution in [0.1, 0.15) is 12.8 Å². The predicted molar refractivity (Wildman–Crippen MR) is 77.2 cm³/mol. The van der Waals surface area contributed by atoms with Crippen LogP contribution in [-0.4, -0.2) is 31.9 Å². The molecule has 1 heterocycles. The zero-order chi connectivity index (χ0) is 16.1. The van der Waals surface area contributed by atoms with Crippen molar-refractivity contribution in [3.8, 4) is 11.5 Å². The standard InChI is InChI=1S/C14H17N3O5/c1-21-8-3-5-11(22-2)10(7-8)15-12(18)6-4-9-13(19)16-17-14(9)20/h3,5,7,9H,4,6H2,1-2H3,(H,15,18)(H,16,19)(H,17,20). The highest BCUT2D eigenvalue weighted by Crippen LogP contribution is 2.29. The molecule has 3 amide bonds. The monoisotopic (exact) mass is 307 g/mol. The number of hydrogen-bond acceptors (Lipinski definition) is 5. The molecule has 1 aliphatic rings. The Balaban J connectivity index is 1.97. The van der Waals surface area contributed by atoms with E-state index in [-0.39, 0.29) is 18.7 Å². The normalized spacial score (nSPS) is 14.3. The number of rotatable bonds is 6. The number of nitrogens with one attached hydrogen (secondary N) is 3. The number of methoxy groups -OCH3 is 2. The van der Waals surface area contributed by atoms with Gasteiger partial charge in [-0.25, -0.2) is 0 Å². The number of hydrazine groups is 1. The van der Waals surface area contributed by atoms with Crippen LogP contribution in [0.5, 0.6) is 11.5 Å². The second-order valence-corrected chi connectivity index (χ2v) is 4.68. The van der Waals surface area contributed by atoms with Gasteiger partial charge in [0.1, 0.15) is 17.4 Å². The Morgan fingerprint density at radius 1 is 1.18 bits per heavy atom. The molecule has 0 aliphatic carbocycles. The minimum atomic E-state index is -0.835. The van der Waals surface area contributed by atoms with Gasteiger partial charge in [0.25, 0.3) is 11.8 Å². The lowest BCUT2D eigenvalue weighted by Gasteiger charge is -2.12. The van der Waals surface area contributed by atoms with Crippen LogP contribution >= 0.6 is 0 Å². The van der Waals surface area contributed by atoms with E-state index in [2.05, 4.69) is 16.2 Å². The van der Waals surface area contributed by atoms with Crippen LogP contribution in [-0.2, 0) is 14.4 Å². The molecule has 2 rings (SSSR count). The highest BCUT2D eigenvalue weighted by atomic mass is 16.5. The highest BCUT2D eigenvalue weighted by molar-refractivity contribution is 6.05. The van der Waals surface area contributed by atoms with Gasteiger partial charge in [-0.3, -0.25) is 25.2 Å². The lowest BCUT2D eigenvalue weighted by Crippen LogP contribution is -2.28. The number of ether oxygens (including phenoxy) is 2. The van der Waals surface area contributed by atoms with Gasteiger partial charge in [0.05, 0.1) is 19.9 Å². The van der Waals surface area contributed by atoms with Crippen molar-refractivity contribution in [2.24, 2.45) is 5.92 Å². The molecule has 1 aliphatic heterocycles. The smallest absolute Gasteiger partial charge is 0.251 e. The highest BCUT2D eigenvalue weighted by Gasteiger charge is 2.32. The van der Waals surface area contributed by atoms with Gasteiger partial charge in [0.2, 0.25) is 5.91 Å². The van der Waals surface area contributed by atoms with Crippen LogP contribution in [0.25, 0.3) is 0 Å². The van der Waals surface area contributed by atoms with Crippen molar-refractivity contribution in [3.05, 3.63) is 18.2 Å². The molecule has 0 saturated carbocycles. The summed E-state index contributed by atoms with van der Waals surface area (Å²) in [7, 11) is 3.01. The molecule has 0 radical (unpaired) electrons. The fourth-order valence-electron chi connectivity index (χ4n) is 2.08. The number of hydrogen-bond donors (Lipinski definition) is 3. The van der Waals surface area contributed by atoms with E-state index in [0.717, 1.165) is 0 Å². The third-order valence-electron chi connectivity index (χ3n) is 3.28. The van der Waals surface area contributed by atoms with Crippen LogP contribution in [0.15, 0.2) is 18.2 Å². The van der Waals surface area contributed by atoms with Gasteiger partial charge in [-0.1, -0.05) is 0 Å². The second-order valence-electron chi connectivity index (χ2n) is 4.68. The van der Waals surface area contributed by atoms with Gasteiger partial charge in [-0.05, 0) is 18.6 Å². The average molecular weight is 307 g/mol. The Morgan fingerprint density at radius 3 is 2.45 bits per heavy atom. The molecule has 3 N–H and O–H groups in total. The molecule has 0 bridgehead atoms. The van der Waals surface area contributed by atoms with Gasteiger partial charge >= 0.3 is 0 Å². The maximum atomic E-state index is 12.0. The first-order valence-corrected chi connectivity index (χ1v) is 6.66. The number of carbonyl (C=O) groups excluding carboxylic acids is 3. The van der Waals surface area contributed by atoms with Crippen LogP contribution in [0.4, 0.5) is 5.69 Å². The van der Waals surface area contributed by atoms with Gasteiger partial charge in [0.15, 0.2) is 0 Å². The van der Waals surface area contributed by atoms with Crippen LogP contribution in [0.2, 0.25) is 0 Å². The molecule has 0 atom stereocenters. The van der Waals surface area contributed by atoms with Gasteiger partial charge in [-0.2, -0.15) is 0 Å². The molecule has 1 fully saturated rings. The largest absolute Gasteiger partial charge is 0.497 e. The lowest BCUT2D eigenvalue weighted by molar-refractivity contribution is -0.128. The fourth-order valence-corrected chi connectivity index (χ4v) is 2.08. The third kappa shape index (κ3) is 3.46. The molecule has 1 aromatic rings. The fraction of sp³-hybridized carbons (Fsp3) is 0.357. The van der Waals surface area contributed by atoms with Crippen LogP contribution in [0, 0.1) is 5.92 Å². The van der Waals surface area contributed by atoms with E-state index < -0.39 is 17.7 Å². The van der Waals surface area contributed by atoms with E-state index in [9.17, 15) is 14.4 Å². The summed E-state index contributed by atoms with van der Waals surface area (Å²) < 4.78 is 10.3. The summed E-state index contributed by atoms with van der Waals surface area (Å²) in [6, 6.07) is 5.01. The average Bonchev–Trinajstić information content (AvgIpc) is 2.83. The number of anilines is 1. The molecule has 1 aromatic carbocycles. The Hall–Kier alpha value is -2.77. The Labute approximate surface area is 127 Å². The second kappa shape index (κ2) is 6.79. The summed E-state index contributed by atoms with van der Waals surface area (Å²) in [4.78, 5) is 34.7. The van der Waals surface area contributed by atoms with Crippen molar-refractivity contribution in [2.45, 2.75) is 12.8 Å². The summed E-state index contributed by atoms with van der Waals surface area (Å²) >= 11 is 0. The van der Waals surface area contributed by atoms with Crippen molar-refractivity contribution >= 4 is 23.4 Å². The first-order valence-electron chi connectivity index (χ1n) is 6.66. The molecule has 0 aromatic heterocycles. The summed E-state index contributed by atoms with van der Waals surface area (Å²) in [5, 5.41) is 2.68. The summed E-state index contributed by atoms with van der Waals surface area (Å²) in [6.45, 7) is 0. The van der Waals surface area contributed by atoms with Crippen molar-refractivity contribution in [2.75, 3.05) is 19.5 Å². The topological polar surface area (TPSA) is 106 Å². The molecule has 8 nitrogen and oxygen atoms in total. The molecule has 22 heavy (non-hydrogen) atoms. The zero-order valence-electron chi connectivity index (χ0n) is 12.3. The molecule has 1 saturated heterocycles. The van der Waals surface area contributed by atoms with Crippen molar-refractivity contribution < 1.29 is 23.9 Å². The summed E-state index contributed by atoms with van der Waals surface area (Å²) in [5.74, 6) is -0.929. The Bertz CT molecular complexity index is 586. The van der Waals surface area contributed by atoms with E-state index in [1.54, 1.807) is 18.2 Å². The Kier molecular flexibility index (Phi) is 4.82. The zero-order valence-corrected chi connectivity index (χ0v) is 12.3. The van der Waals surface area contributed by atoms with E-state index >= 15 is 0 Å². The van der Waals surface area contributed by atoms with Gasteiger partial charge in [0, 0.05) is 12.5 Å². The van der Waals surface area contributed by atoms with E-state index in [1.165, 1.54) is 14.2 Å². The van der Waals surface area contributed by atoms with Crippen LogP contribution in [0.3, 0.4) is 0 Å². The van der Waals surface area contributed by atoms with Crippen molar-refractivity contribution in [1.82, 2.24) is 10.9 Å². The van der Waals surface area contributed by atoms with Gasteiger partial charge in [-0.15, -0.1) is 0 Å². The van der Waals surface area contributed by atoms with E-state index in [1.807, 2.05) is 0 Å². The molecule has 0 unspecified atom stereocenters. The SMILES string of the molecule is COc1ccc(OC)c(NC(=O)CCC2C(=O)NNC2=O)c1. The van der Waals surface area contributed by atoms with E-state index in [0.29, 0.717) is 17.2 Å². The minimum Gasteiger partial charge on any atom is -0.497 e. The van der Waals surface area contributed by atoms with E-state index in [4.69, 9.17) is 9.47 Å². The number of benzene rings is 1. The molecule has 0 spiro atoms. The molecular weight excluding hydrogens is 290 g/mol. The lowest BCUT2D eigenvalue weighted by atomic mass is 10.0. The van der Waals surface area contributed by atoms with Gasteiger partial charge < -0.3 is 14.8 Å². The first kappa shape index (κ1) is 15.6.